The Morgan fingerprint density at radius 3 is 1.73 bits per heavy atom. The first-order chi connectivity index (χ1) is 6.51. The highest BCUT2D eigenvalue weighted by Crippen LogP contribution is 2.42. The first kappa shape index (κ1) is 12.5. The van der Waals surface area contributed by atoms with Crippen LogP contribution in [-0.4, -0.2) is 44.8 Å². The SMILES string of the molecule is CN1C(C)(C)CC(O)(C(=O)O)CC1(C)C. The van der Waals surface area contributed by atoms with Gasteiger partial charge in [0, 0.05) is 23.9 Å². The van der Waals surface area contributed by atoms with Crippen molar-refractivity contribution in [2.45, 2.75) is 57.2 Å². The highest BCUT2D eigenvalue weighted by atomic mass is 16.4. The maximum Gasteiger partial charge on any atom is 0.335 e. The number of nitrogens with zero attached hydrogens (tertiary/aromatic N) is 1. The number of carboxylic acid groups (broad SMARTS) is 1. The van der Waals surface area contributed by atoms with Crippen molar-refractivity contribution in [2.24, 2.45) is 0 Å². The molecule has 0 aliphatic carbocycles. The Labute approximate surface area is 90.9 Å². The first-order valence-electron chi connectivity index (χ1n) is 5.21. The number of rotatable bonds is 1. The highest BCUT2D eigenvalue weighted by molar-refractivity contribution is 5.77. The van der Waals surface area contributed by atoms with Gasteiger partial charge in [-0.3, -0.25) is 4.90 Å². The number of piperidine rings is 1. The lowest BCUT2D eigenvalue weighted by atomic mass is 9.71. The molecule has 15 heavy (non-hydrogen) atoms. The van der Waals surface area contributed by atoms with Gasteiger partial charge in [0.15, 0.2) is 5.60 Å². The summed E-state index contributed by atoms with van der Waals surface area (Å²) in [5, 5.41) is 19.2. The molecule has 0 radical (unpaired) electrons. The van der Waals surface area contributed by atoms with Gasteiger partial charge in [-0.25, -0.2) is 4.79 Å². The number of aliphatic carboxylic acids is 1. The molecule has 0 unspecified atom stereocenters. The lowest BCUT2D eigenvalue weighted by molar-refractivity contribution is -0.180. The smallest absolute Gasteiger partial charge is 0.335 e. The minimum atomic E-state index is -1.60. The summed E-state index contributed by atoms with van der Waals surface area (Å²) >= 11 is 0. The summed E-state index contributed by atoms with van der Waals surface area (Å²) in [5.41, 5.74) is -2.22. The third kappa shape index (κ3) is 2.01. The standard InChI is InChI=1S/C11H21NO3/c1-9(2)6-11(15,8(13)14)7-10(3,4)12(9)5/h15H,6-7H2,1-5H3,(H,13,14). The maximum atomic E-state index is 11.1. The van der Waals surface area contributed by atoms with E-state index in [0.717, 1.165) is 0 Å². The van der Waals surface area contributed by atoms with Crippen LogP contribution in [0, 0.1) is 0 Å². The summed E-state index contributed by atoms with van der Waals surface area (Å²) in [5.74, 6) is -1.11. The Bertz CT molecular complexity index is 266. The average Bonchev–Trinajstić information content (AvgIpc) is 1.98. The monoisotopic (exact) mass is 215 g/mol. The predicted molar refractivity (Wildman–Crippen MR) is 57.7 cm³/mol. The molecule has 0 amide bonds. The first-order valence-corrected chi connectivity index (χ1v) is 5.21. The zero-order valence-corrected chi connectivity index (χ0v) is 10.2. The molecule has 0 spiro atoms. The predicted octanol–water partition coefficient (Wildman–Crippen LogP) is 1.08. The van der Waals surface area contributed by atoms with Gasteiger partial charge in [-0.2, -0.15) is 0 Å². The fourth-order valence-electron chi connectivity index (χ4n) is 2.70. The third-order valence-corrected chi connectivity index (χ3v) is 3.66. The van der Waals surface area contributed by atoms with Crippen molar-refractivity contribution in [1.29, 1.82) is 0 Å². The van der Waals surface area contributed by atoms with Crippen LogP contribution in [0.15, 0.2) is 0 Å². The van der Waals surface area contributed by atoms with Crippen LogP contribution in [0.3, 0.4) is 0 Å². The Balaban J connectivity index is 3.09. The number of likely N-dealkylation sites (tertiary alicyclic amines) is 1. The number of carbonyl (C=O) groups is 1. The van der Waals surface area contributed by atoms with Crippen LogP contribution < -0.4 is 0 Å². The van der Waals surface area contributed by atoms with Crippen LogP contribution in [-0.2, 0) is 4.79 Å². The summed E-state index contributed by atoms with van der Waals surface area (Å²) < 4.78 is 0. The largest absolute Gasteiger partial charge is 0.479 e. The maximum absolute atomic E-state index is 11.1. The fraction of sp³-hybridized carbons (Fsp3) is 0.909. The molecule has 0 atom stereocenters. The van der Waals surface area contributed by atoms with Crippen LogP contribution in [0.5, 0.6) is 0 Å². The molecular weight excluding hydrogens is 194 g/mol. The van der Waals surface area contributed by atoms with E-state index in [2.05, 4.69) is 4.90 Å². The minimum absolute atomic E-state index is 0.259. The Kier molecular flexibility index (Phi) is 2.65. The zero-order chi connectivity index (χ0) is 12.1. The van der Waals surface area contributed by atoms with Crippen molar-refractivity contribution >= 4 is 5.97 Å². The van der Waals surface area contributed by atoms with E-state index < -0.39 is 11.6 Å². The van der Waals surface area contributed by atoms with Gasteiger partial charge in [-0.1, -0.05) is 0 Å². The molecule has 1 aliphatic heterocycles. The van der Waals surface area contributed by atoms with Crippen LogP contribution in [0.25, 0.3) is 0 Å². The fourth-order valence-corrected chi connectivity index (χ4v) is 2.70. The molecule has 1 saturated heterocycles. The zero-order valence-electron chi connectivity index (χ0n) is 10.2. The van der Waals surface area contributed by atoms with Crippen molar-refractivity contribution in [2.75, 3.05) is 7.05 Å². The second-order valence-electron chi connectivity index (χ2n) is 5.87. The van der Waals surface area contributed by atoms with E-state index in [-0.39, 0.29) is 23.9 Å². The topological polar surface area (TPSA) is 60.8 Å². The second kappa shape index (κ2) is 3.19. The molecule has 0 saturated carbocycles. The van der Waals surface area contributed by atoms with Gasteiger partial charge in [0.25, 0.3) is 0 Å². The van der Waals surface area contributed by atoms with E-state index >= 15 is 0 Å². The van der Waals surface area contributed by atoms with Crippen LogP contribution >= 0.6 is 0 Å². The van der Waals surface area contributed by atoms with Gasteiger partial charge in [0.1, 0.15) is 0 Å². The molecule has 0 aromatic heterocycles. The van der Waals surface area contributed by atoms with Crippen LogP contribution in [0.2, 0.25) is 0 Å². The van der Waals surface area contributed by atoms with Crippen molar-refractivity contribution in [3.63, 3.8) is 0 Å². The quantitative estimate of drug-likeness (QED) is 0.687. The Hall–Kier alpha value is -0.610. The van der Waals surface area contributed by atoms with E-state index in [4.69, 9.17) is 5.11 Å². The normalized spacial score (nSPS) is 28.7. The van der Waals surface area contributed by atoms with Gasteiger partial charge >= 0.3 is 5.97 Å². The van der Waals surface area contributed by atoms with Gasteiger partial charge in [-0.15, -0.1) is 0 Å². The van der Waals surface area contributed by atoms with Crippen LogP contribution in [0.1, 0.15) is 40.5 Å². The molecule has 0 aromatic carbocycles. The second-order valence-corrected chi connectivity index (χ2v) is 5.87. The Morgan fingerprint density at radius 2 is 1.47 bits per heavy atom. The van der Waals surface area contributed by atoms with Crippen molar-refractivity contribution in [3.05, 3.63) is 0 Å². The third-order valence-electron chi connectivity index (χ3n) is 3.66. The molecule has 0 bridgehead atoms. The van der Waals surface area contributed by atoms with E-state index in [1.807, 2.05) is 34.7 Å². The van der Waals surface area contributed by atoms with Crippen molar-refractivity contribution < 1.29 is 15.0 Å². The van der Waals surface area contributed by atoms with E-state index in [9.17, 15) is 9.90 Å². The van der Waals surface area contributed by atoms with Gasteiger partial charge < -0.3 is 10.2 Å². The van der Waals surface area contributed by atoms with Gasteiger partial charge in [-0.05, 0) is 34.7 Å². The van der Waals surface area contributed by atoms with Gasteiger partial charge in [0.2, 0.25) is 0 Å². The minimum Gasteiger partial charge on any atom is -0.479 e. The number of aliphatic hydroxyl groups is 1. The summed E-state index contributed by atoms with van der Waals surface area (Å²) in [7, 11) is 1.97. The van der Waals surface area contributed by atoms with Crippen molar-refractivity contribution in [3.8, 4) is 0 Å². The summed E-state index contributed by atoms with van der Waals surface area (Å²) in [6, 6.07) is 0. The van der Waals surface area contributed by atoms with E-state index in [0.29, 0.717) is 0 Å². The molecule has 88 valence electrons. The summed E-state index contributed by atoms with van der Waals surface area (Å²) in [6.07, 6.45) is 0.518. The lowest BCUT2D eigenvalue weighted by Crippen LogP contribution is -2.65. The molecule has 2 N–H and O–H groups in total. The average molecular weight is 215 g/mol. The van der Waals surface area contributed by atoms with E-state index in [1.54, 1.807) is 0 Å². The van der Waals surface area contributed by atoms with Gasteiger partial charge in [0.05, 0.1) is 0 Å². The number of hydrogen-bond acceptors (Lipinski definition) is 3. The molecule has 0 aromatic rings. The molecule has 4 heteroatoms. The number of hydrogen-bond donors (Lipinski definition) is 2. The molecule has 1 heterocycles. The van der Waals surface area contributed by atoms with E-state index in [1.165, 1.54) is 0 Å². The van der Waals surface area contributed by atoms with Crippen molar-refractivity contribution in [1.82, 2.24) is 4.90 Å². The van der Waals surface area contributed by atoms with Crippen LogP contribution in [0.4, 0.5) is 0 Å². The highest BCUT2D eigenvalue weighted by Gasteiger charge is 2.53. The molecule has 4 nitrogen and oxygen atoms in total. The molecule has 1 fully saturated rings. The molecule has 1 aliphatic rings. The molecular formula is C11H21NO3. The Morgan fingerprint density at radius 1 is 1.13 bits per heavy atom. The lowest BCUT2D eigenvalue weighted by Gasteiger charge is -2.55. The summed E-state index contributed by atoms with van der Waals surface area (Å²) in [6.45, 7) is 7.84. The number of carboxylic acids is 1. The molecule has 1 rings (SSSR count). The summed E-state index contributed by atoms with van der Waals surface area (Å²) in [4.78, 5) is 13.2.